The van der Waals surface area contributed by atoms with E-state index in [1.165, 1.54) is 57.1 Å². The van der Waals surface area contributed by atoms with Crippen molar-refractivity contribution in [3.63, 3.8) is 0 Å². The summed E-state index contributed by atoms with van der Waals surface area (Å²) in [5, 5.41) is 16.6. The first-order chi connectivity index (χ1) is 67.4. The molecule has 0 unspecified atom stereocenters. The average molecular weight is 2530 g/mol. The molecule has 0 spiro atoms. The van der Waals surface area contributed by atoms with Crippen molar-refractivity contribution >= 4 is 463 Å². The van der Waals surface area contributed by atoms with E-state index in [-0.39, 0.29) is 24.7 Å². The summed E-state index contributed by atoms with van der Waals surface area (Å²) in [6.45, 7) is 8.17. The Labute approximate surface area is 914 Å². The highest BCUT2D eigenvalue weighted by Gasteiger charge is 2.52. The molecular formula is C96H76BBr2N4O5P3S28. The molecule has 19 aromatic rings. The van der Waals surface area contributed by atoms with Gasteiger partial charge in [-0.2, -0.15) is 13.5 Å². The molecule has 1 fully saturated rings. The van der Waals surface area contributed by atoms with Gasteiger partial charge in [-0.25, -0.2) is 0 Å². The molecule has 1 aliphatic heterocycles. The van der Waals surface area contributed by atoms with Crippen molar-refractivity contribution in [2.24, 2.45) is 0 Å². The fourth-order valence-electron chi connectivity index (χ4n) is 16.2. The summed E-state index contributed by atoms with van der Waals surface area (Å²) in [7, 11) is 28.3. The van der Waals surface area contributed by atoms with Crippen LogP contribution in [0.25, 0.3) is 109 Å². The predicted molar refractivity (Wildman–Crippen MR) is 686 cm³/mol. The van der Waals surface area contributed by atoms with E-state index in [9.17, 15) is 4.57 Å². The number of aromatic amines is 4. The van der Waals surface area contributed by atoms with Crippen LogP contribution in [0.2, 0.25) is 0 Å². The zero-order chi connectivity index (χ0) is 96.1. The van der Waals surface area contributed by atoms with Gasteiger partial charge in [-0.3, -0.25) is 0 Å². The molecular weight excluding hydrogens is 2450 g/mol. The molecule has 0 saturated carbocycles. The van der Waals surface area contributed by atoms with Gasteiger partial charge in [0.25, 0.3) is 0 Å². The summed E-state index contributed by atoms with van der Waals surface area (Å²) in [4.78, 5) is 14.8. The minimum absolute atomic E-state index is 0. The molecule has 0 atom stereocenters. The van der Waals surface area contributed by atoms with E-state index in [0.29, 0.717) is 0 Å². The Balaban J connectivity index is 0.000000153. The van der Waals surface area contributed by atoms with Crippen LogP contribution < -0.4 is 53.2 Å². The molecule has 139 heavy (non-hydrogen) atoms. The van der Waals surface area contributed by atoms with Gasteiger partial charge in [0.15, 0.2) is 21.4 Å². The van der Waals surface area contributed by atoms with E-state index < -0.39 is 28.5 Å². The van der Waals surface area contributed by atoms with Gasteiger partial charge in [0.1, 0.15) is 0 Å². The summed E-state index contributed by atoms with van der Waals surface area (Å²) < 4.78 is 59.6. The maximum Gasteiger partial charge on any atom is 0.494 e. The average Bonchev–Trinajstić information content (AvgIpc) is 1.55. The van der Waals surface area contributed by atoms with Gasteiger partial charge in [-0.1, -0.05) is 328 Å². The van der Waals surface area contributed by atoms with E-state index in [0.717, 1.165) is 150 Å². The molecule has 4 aromatic heterocycles. The highest BCUT2D eigenvalue weighted by molar-refractivity contribution is 9.11. The van der Waals surface area contributed by atoms with Gasteiger partial charge in [0, 0.05) is 373 Å². The van der Waals surface area contributed by atoms with Gasteiger partial charge in [0.05, 0.1) is 42.2 Å². The first-order valence-electron chi connectivity index (χ1n) is 41.3. The number of hydrogen-bond donors (Lipinski definition) is 4. The van der Waals surface area contributed by atoms with E-state index in [2.05, 4.69) is 197 Å². The number of aromatic nitrogens is 4. The van der Waals surface area contributed by atoms with Crippen molar-refractivity contribution in [1.82, 2.24) is 19.9 Å². The number of rotatable bonds is 12. The molecule has 9 nitrogen and oxygen atoms in total. The van der Waals surface area contributed by atoms with Crippen LogP contribution in [0.15, 0.2) is 361 Å². The molecule has 0 amide bonds. The van der Waals surface area contributed by atoms with Crippen LogP contribution >= 0.6 is 66.8 Å². The van der Waals surface area contributed by atoms with Gasteiger partial charge in [-0.15, -0.1) is 0 Å². The lowest BCUT2D eigenvalue weighted by atomic mass is 9.79. The van der Waals surface area contributed by atoms with Crippen molar-refractivity contribution in [3.8, 4) is 22.3 Å². The smallest absolute Gasteiger partial charge is 0.399 e. The number of halogens is 2. The van der Waals surface area contributed by atoms with E-state index in [1.807, 2.05) is 234 Å². The van der Waals surface area contributed by atoms with Gasteiger partial charge < -0.3 is 42.9 Å². The van der Waals surface area contributed by atoms with E-state index in [1.54, 1.807) is 169 Å². The fraction of sp³-hybridized carbons (Fsp3) is 0.0625. The Hall–Kier alpha value is -4.58. The Morgan fingerprint density at radius 2 is 0.446 bits per heavy atom. The molecule has 4 N–H and O–H groups in total. The maximum atomic E-state index is 15.4. The molecule has 5 heterocycles. The lowest BCUT2D eigenvalue weighted by Crippen LogP contribution is -2.41. The van der Waals surface area contributed by atoms with Crippen molar-refractivity contribution in [2.45, 2.75) is 38.9 Å². The quantitative estimate of drug-likeness (QED) is 0.0697. The molecule has 0 bridgehead atoms. The molecule has 0 aliphatic carbocycles. The molecule has 43 heteroatoms. The van der Waals surface area contributed by atoms with Crippen LogP contribution in [-0.2, 0) is 272 Å². The fourth-order valence-corrected chi connectivity index (χ4v) is 77.7. The number of fused-ring (bicyclic) bond motifs is 12. The molecule has 1 aliphatic rings. The van der Waals surface area contributed by atoms with Crippen LogP contribution in [0.1, 0.15) is 27.7 Å². The topological polar surface area (TPSA) is 133 Å². The Kier molecular flexibility index (Phi) is 40.9. The number of para-hydroxylation sites is 4. The second kappa shape index (κ2) is 52.3. The van der Waals surface area contributed by atoms with Crippen LogP contribution in [0, 0.1) is 0 Å². The molecule has 710 valence electrons. The third-order valence-electron chi connectivity index (χ3n) is 22.8. The van der Waals surface area contributed by atoms with Crippen molar-refractivity contribution in [2.75, 3.05) is 0 Å². The van der Waals surface area contributed by atoms with Crippen LogP contribution in [0.3, 0.4) is 0 Å². The molecule has 15 aromatic carbocycles. The molecule has 20 rings (SSSR count). The summed E-state index contributed by atoms with van der Waals surface area (Å²) in [6.07, 6.45) is 0. The summed E-state index contributed by atoms with van der Waals surface area (Å²) >= 11 is 26.5. The first-order valence-corrected chi connectivity index (χ1v) is 81.3. The number of hydrogen-bond acceptors (Lipinski definition) is 9. The Morgan fingerprint density at radius 1 is 0.252 bits per heavy atom. The lowest BCUT2D eigenvalue weighted by Gasteiger charge is -2.32. The van der Waals surface area contributed by atoms with Gasteiger partial charge in [-0.05, 0) is 100 Å². The van der Waals surface area contributed by atoms with Crippen molar-refractivity contribution in [3.05, 3.63) is 361 Å². The summed E-state index contributed by atoms with van der Waals surface area (Å²) in [5.41, 5.74) is 13.0. The second-order valence-electron chi connectivity index (χ2n) is 30.7. The minimum Gasteiger partial charge on any atom is -0.399 e. The van der Waals surface area contributed by atoms with Crippen LogP contribution in [-0.4, -0.2) is 38.3 Å². The third-order valence-corrected chi connectivity index (χ3v) is 80.3. The monoisotopic (exact) mass is 2520 g/mol. The van der Waals surface area contributed by atoms with Gasteiger partial charge >= 0.3 is 7.12 Å². The molecule has 0 radical (unpaired) electrons. The van der Waals surface area contributed by atoms with Crippen LogP contribution in [0.4, 0.5) is 0 Å². The Morgan fingerprint density at radius 3 is 0.683 bits per heavy atom. The maximum absolute atomic E-state index is 15.4. The van der Waals surface area contributed by atoms with Crippen molar-refractivity contribution < 1.29 is 23.0 Å². The van der Waals surface area contributed by atoms with Crippen LogP contribution in [0.5, 0.6) is 0 Å². The standard InChI is InChI=1S/C54H38N2O2P2.C24H26BO3P.C18H10Br2N2.S14.S13.H2S/c57-59(39-17-5-1-6-18-39,40-19-7-2-8-20-40)43-33-29-37(30-34-43)49-51-45-25-13-15-27-47(45)56-54(51)50(52-46-26-14-16-28-48(46)55-53(49)52)38-31-35-44(36-32-38)60(58,41-21-9-3-10-22-41)42-23-11-4-12-24-42;1-23(2)24(3,4)28-25(27-23)19-15-17-22(18-16-19)29(26,20-11-7-5-8-12-20)21-13-9-6-10-14-21;19-15-13-9-5-1-3-7-11(9)21-17(13)16(20)14-10-6-2-4-8-12(10)22-18(14)15;1-3-5-7-9-11-13-14-12-10-8-6-4-2;1-3-5-7-9-11-13-12-10-8-6-4-2;/h1-36,55-56H;5-18H,1-4H3;1-8,21-22H;;;1H2. The number of nitrogens with one attached hydrogen (secondary N) is 4. The van der Waals surface area contributed by atoms with E-state index >= 15 is 9.13 Å². The minimum atomic E-state index is -3.17. The summed E-state index contributed by atoms with van der Waals surface area (Å²) in [5.74, 6) is 0. The largest absolute Gasteiger partial charge is 0.494 e. The predicted octanol–water partition coefficient (Wildman–Crippen LogP) is 21.7. The molecule has 1 saturated heterocycles. The highest BCUT2D eigenvalue weighted by atomic mass is 79.9. The number of H-pyrrole nitrogens is 4. The lowest BCUT2D eigenvalue weighted by molar-refractivity contribution is 0.00578. The normalized spacial score (nSPS) is 12.3. The van der Waals surface area contributed by atoms with Crippen molar-refractivity contribution in [1.29, 1.82) is 0 Å². The second-order valence-corrected chi connectivity index (χ2v) is 81.3. The zero-order valence-electron chi connectivity index (χ0n) is 72.7. The van der Waals surface area contributed by atoms with Gasteiger partial charge in [0.2, 0.25) is 0 Å². The highest BCUT2D eigenvalue weighted by Crippen LogP contribution is 2.52. The SMILES string of the molecule is Brc1c2[nH]c3ccccc3c2c(Br)c2[nH]c3ccccc3c12.CC1(C)OB(c2ccc(P(=O)(c3ccccc3)c3ccccc3)cc2)OC1(C)C.O=P(c1ccccc1)(c1ccccc1)c1ccc(-c2c3[nH]c4ccccc4c3c(-c3ccc(P(=O)(c4ccccc4)c4ccccc4)cc3)c3[nH]c4ccccc4c23)cc1.S.S=S=S=S=S=S=S=S=S=S=S=S=S.S=S=S=S=S=S=S=S=S=S=S=S=S=S. The Bertz CT molecular complexity index is 8630. The third kappa shape index (κ3) is 25.0. The number of benzene rings is 15. The van der Waals surface area contributed by atoms with E-state index in [4.69, 9.17) is 54.1 Å². The first kappa shape index (κ1) is 109. The zero-order valence-corrected chi connectivity index (χ0v) is 102. The summed E-state index contributed by atoms with van der Waals surface area (Å²) in [6, 6.07) is 117.